The van der Waals surface area contributed by atoms with Gasteiger partial charge < -0.3 is 5.32 Å². The number of nitrogens with zero attached hydrogens (tertiary/aromatic N) is 4. The summed E-state index contributed by atoms with van der Waals surface area (Å²) in [6.45, 7) is 6.71. The zero-order chi connectivity index (χ0) is 24.6. The fourth-order valence-electron chi connectivity index (χ4n) is 3.89. The zero-order valence-electron chi connectivity index (χ0n) is 20.2. The van der Waals surface area contributed by atoms with Gasteiger partial charge in [-0.1, -0.05) is 45.0 Å². The van der Waals surface area contributed by atoms with Crippen molar-refractivity contribution in [1.82, 2.24) is 24.5 Å². The van der Waals surface area contributed by atoms with Crippen LogP contribution in [0.15, 0.2) is 71.7 Å². The second kappa shape index (κ2) is 9.03. The minimum Gasteiger partial charge on any atom is -0.334 e. The summed E-state index contributed by atoms with van der Waals surface area (Å²) < 4.78 is 3.78. The van der Waals surface area contributed by atoms with E-state index in [1.165, 1.54) is 5.56 Å². The predicted molar refractivity (Wildman–Crippen MR) is 142 cm³/mol. The number of benzene rings is 1. The largest absolute Gasteiger partial charge is 0.334 e. The fraction of sp³-hybridized carbons (Fsp3) is 0.222. The molecule has 0 atom stereocenters. The highest BCUT2D eigenvalue weighted by Crippen LogP contribution is 2.27. The molecule has 2 amide bonds. The Morgan fingerprint density at radius 1 is 1.03 bits per heavy atom. The van der Waals surface area contributed by atoms with Crippen LogP contribution in [0.2, 0.25) is 0 Å². The first-order valence-electron chi connectivity index (χ1n) is 11.5. The Labute approximate surface area is 208 Å². The van der Waals surface area contributed by atoms with Crippen molar-refractivity contribution in [3.63, 3.8) is 0 Å². The quantitative estimate of drug-likeness (QED) is 0.317. The topological polar surface area (TPSA) is 76.2 Å². The molecule has 35 heavy (non-hydrogen) atoms. The summed E-state index contributed by atoms with van der Waals surface area (Å²) >= 11 is 1.69. The lowest BCUT2D eigenvalue weighted by Crippen LogP contribution is -2.29. The molecule has 0 fully saturated rings. The first-order valence-corrected chi connectivity index (χ1v) is 12.4. The van der Waals surface area contributed by atoms with Gasteiger partial charge in [-0.15, -0.1) is 0 Å². The first-order chi connectivity index (χ1) is 16.8. The molecule has 0 aliphatic carbocycles. The monoisotopic (exact) mass is 484 g/mol. The molecule has 0 unspecified atom stereocenters. The summed E-state index contributed by atoms with van der Waals surface area (Å²) in [5, 5.41) is 14.5. The van der Waals surface area contributed by atoms with Crippen LogP contribution in [0, 0.1) is 0 Å². The standard InChI is InChI=1S/C27H28N6OS/c1-27(2,3)23-14-25(32(4)31-23)30-26(34)29-15-18-5-7-19(8-6-18)22-16-28-24-13-20(9-11-33(22)24)21-10-12-35-17-21/h5-14,16-17H,15H2,1-4H3,(H2,29,30,34). The summed E-state index contributed by atoms with van der Waals surface area (Å²) in [5.74, 6) is 0.664. The number of anilines is 1. The summed E-state index contributed by atoms with van der Waals surface area (Å²) in [7, 11) is 1.83. The molecule has 1 aromatic carbocycles. The number of urea groups is 1. The van der Waals surface area contributed by atoms with Gasteiger partial charge >= 0.3 is 6.03 Å². The van der Waals surface area contributed by atoms with E-state index in [0.717, 1.165) is 33.7 Å². The Balaban J connectivity index is 1.24. The van der Waals surface area contributed by atoms with Crippen molar-refractivity contribution in [1.29, 1.82) is 0 Å². The van der Waals surface area contributed by atoms with Crippen LogP contribution in [0.3, 0.4) is 0 Å². The van der Waals surface area contributed by atoms with Gasteiger partial charge in [0.2, 0.25) is 0 Å². The summed E-state index contributed by atoms with van der Waals surface area (Å²) in [6.07, 6.45) is 3.96. The van der Waals surface area contributed by atoms with E-state index >= 15 is 0 Å². The highest BCUT2D eigenvalue weighted by molar-refractivity contribution is 7.08. The molecule has 4 aromatic heterocycles. The minimum atomic E-state index is -0.263. The number of fused-ring (bicyclic) bond motifs is 1. The van der Waals surface area contributed by atoms with Crippen LogP contribution >= 0.6 is 11.3 Å². The molecule has 0 radical (unpaired) electrons. The maximum Gasteiger partial charge on any atom is 0.320 e. The van der Waals surface area contributed by atoms with E-state index in [4.69, 9.17) is 0 Å². The molecule has 0 spiro atoms. The number of aryl methyl sites for hydroxylation is 1. The van der Waals surface area contributed by atoms with Crippen molar-refractivity contribution in [2.24, 2.45) is 7.05 Å². The van der Waals surface area contributed by atoms with Crippen molar-refractivity contribution in [2.75, 3.05) is 5.32 Å². The van der Waals surface area contributed by atoms with E-state index < -0.39 is 0 Å². The SMILES string of the molecule is Cn1nc(C(C)(C)C)cc1NC(=O)NCc1ccc(-c2cnc3cc(-c4ccsc4)ccn23)cc1. The van der Waals surface area contributed by atoms with Gasteiger partial charge in [0.25, 0.3) is 0 Å². The third-order valence-electron chi connectivity index (χ3n) is 5.96. The average molecular weight is 485 g/mol. The molecule has 8 heteroatoms. The van der Waals surface area contributed by atoms with E-state index in [9.17, 15) is 4.79 Å². The highest BCUT2D eigenvalue weighted by Gasteiger charge is 2.19. The number of rotatable bonds is 5. The smallest absolute Gasteiger partial charge is 0.320 e. The molecule has 0 saturated heterocycles. The van der Waals surface area contributed by atoms with Crippen molar-refractivity contribution in [3.05, 3.63) is 82.9 Å². The van der Waals surface area contributed by atoms with Crippen molar-refractivity contribution >= 4 is 28.8 Å². The zero-order valence-corrected chi connectivity index (χ0v) is 21.1. The highest BCUT2D eigenvalue weighted by atomic mass is 32.1. The third kappa shape index (κ3) is 4.83. The lowest BCUT2D eigenvalue weighted by molar-refractivity contribution is 0.251. The van der Waals surface area contributed by atoms with Crippen LogP contribution in [0.5, 0.6) is 0 Å². The van der Waals surface area contributed by atoms with Crippen LogP contribution in [0.4, 0.5) is 10.6 Å². The Hall–Kier alpha value is -3.91. The van der Waals surface area contributed by atoms with E-state index in [0.29, 0.717) is 12.4 Å². The van der Waals surface area contributed by atoms with Gasteiger partial charge in [-0.25, -0.2) is 9.78 Å². The van der Waals surface area contributed by atoms with Crippen molar-refractivity contribution in [3.8, 4) is 22.4 Å². The Kier molecular flexibility index (Phi) is 5.90. The second-order valence-corrected chi connectivity index (χ2v) is 10.4. The molecule has 7 nitrogen and oxygen atoms in total. The maximum atomic E-state index is 12.4. The Bertz CT molecular complexity index is 1470. The molecule has 4 heterocycles. The summed E-state index contributed by atoms with van der Waals surface area (Å²) in [6, 6.07) is 16.2. The molecule has 0 aliphatic rings. The van der Waals surface area contributed by atoms with Crippen molar-refractivity contribution in [2.45, 2.75) is 32.7 Å². The molecule has 2 N–H and O–H groups in total. The van der Waals surface area contributed by atoms with Gasteiger partial charge in [0.15, 0.2) is 0 Å². The van der Waals surface area contributed by atoms with E-state index in [-0.39, 0.29) is 11.4 Å². The number of hydrogen-bond donors (Lipinski definition) is 2. The van der Waals surface area contributed by atoms with E-state index in [2.05, 4.69) is 93.2 Å². The van der Waals surface area contributed by atoms with Gasteiger partial charge in [-0.2, -0.15) is 16.4 Å². The van der Waals surface area contributed by atoms with Gasteiger partial charge in [-0.3, -0.25) is 14.4 Å². The molecule has 178 valence electrons. The molecule has 5 aromatic rings. The van der Waals surface area contributed by atoms with Crippen LogP contribution in [0.1, 0.15) is 32.0 Å². The van der Waals surface area contributed by atoms with Gasteiger partial charge in [0.1, 0.15) is 11.5 Å². The van der Waals surface area contributed by atoms with Crippen LogP contribution < -0.4 is 10.6 Å². The van der Waals surface area contributed by atoms with Crippen LogP contribution in [-0.2, 0) is 19.0 Å². The Morgan fingerprint density at radius 3 is 2.51 bits per heavy atom. The fourth-order valence-corrected chi connectivity index (χ4v) is 4.55. The number of carbonyl (C=O) groups excluding carboxylic acids is 1. The average Bonchev–Trinajstić information content (AvgIpc) is 3.58. The Morgan fingerprint density at radius 2 is 1.83 bits per heavy atom. The van der Waals surface area contributed by atoms with Crippen LogP contribution in [0.25, 0.3) is 28.0 Å². The second-order valence-electron chi connectivity index (χ2n) is 9.59. The lowest BCUT2D eigenvalue weighted by Gasteiger charge is -2.13. The molecule has 0 aliphatic heterocycles. The third-order valence-corrected chi connectivity index (χ3v) is 6.64. The van der Waals surface area contributed by atoms with E-state index in [1.807, 2.05) is 31.4 Å². The summed E-state index contributed by atoms with van der Waals surface area (Å²) in [5.41, 5.74) is 7.24. The van der Waals surface area contributed by atoms with Crippen molar-refractivity contribution < 1.29 is 4.79 Å². The molecular formula is C27H28N6OS. The predicted octanol–water partition coefficient (Wildman–Crippen LogP) is 6.08. The van der Waals surface area contributed by atoms with Gasteiger partial charge in [0, 0.05) is 36.8 Å². The van der Waals surface area contributed by atoms with Gasteiger partial charge in [-0.05, 0) is 45.6 Å². The number of nitrogens with one attached hydrogen (secondary N) is 2. The number of amides is 2. The number of thiophene rings is 1. The first kappa shape index (κ1) is 22.9. The number of pyridine rings is 1. The maximum absolute atomic E-state index is 12.4. The normalized spacial score (nSPS) is 11.7. The lowest BCUT2D eigenvalue weighted by atomic mass is 9.92. The summed E-state index contributed by atoms with van der Waals surface area (Å²) in [4.78, 5) is 17.0. The molecular weight excluding hydrogens is 456 g/mol. The number of carbonyl (C=O) groups is 1. The van der Waals surface area contributed by atoms with Crippen LogP contribution in [-0.4, -0.2) is 25.2 Å². The molecule has 0 bridgehead atoms. The van der Waals surface area contributed by atoms with E-state index in [1.54, 1.807) is 16.0 Å². The minimum absolute atomic E-state index is 0.0803. The molecule has 5 rings (SSSR count). The number of imidazole rings is 1. The number of aromatic nitrogens is 4. The molecule has 0 saturated carbocycles. The number of hydrogen-bond acceptors (Lipinski definition) is 4. The van der Waals surface area contributed by atoms with Gasteiger partial charge in [0.05, 0.1) is 17.6 Å².